The van der Waals surface area contributed by atoms with Crippen molar-refractivity contribution in [3.63, 3.8) is 0 Å². The number of amides is 1. The van der Waals surface area contributed by atoms with Gasteiger partial charge in [0.25, 0.3) is 0 Å². The topological polar surface area (TPSA) is 41.6 Å². The van der Waals surface area contributed by atoms with Crippen molar-refractivity contribution in [3.05, 3.63) is 0 Å². The summed E-state index contributed by atoms with van der Waals surface area (Å²) in [5.74, 6) is 0.119. The molecule has 1 amide bonds. The van der Waals surface area contributed by atoms with Crippen molar-refractivity contribution in [3.8, 4) is 0 Å². The Bertz CT molecular complexity index is 186. The van der Waals surface area contributed by atoms with Crippen LogP contribution in [0.1, 0.15) is 33.1 Å². The van der Waals surface area contributed by atoms with Gasteiger partial charge in [-0.1, -0.05) is 13.3 Å². The highest BCUT2D eigenvalue weighted by atomic mass is 16.5. The molecule has 0 heterocycles. The smallest absolute Gasteiger partial charge is 0.237 e. The van der Waals surface area contributed by atoms with Crippen LogP contribution < -0.4 is 5.32 Å². The molecule has 0 radical (unpaired) electrons. The van der Waals surface area contributed by atoms with Crippen LogP contribution in [-0.4, -0.2) is 50.7 Å². The van der Waals surface area contributed by atoms with E-state index in [9.17, 15) is 4.79 Å². The van der Waals surface area contributed by atoms with Crippen LogP contribution in [0, 0.1) is 0 Å². The minimum absolute atomic E-state index is 0.0614. The number of unbranched alkanes of at least 4 members (excludes halogenated alkanes) is 1. The number of carbonyl (C=O) groups excluding carboxylic acids is 1. The summed E-state index contributed by atoms with van der Waals surface area (Å²) in [6.07, 6.45) is 3.11. The second kappa shape index (κ2) is 9.60. The third-order valence-corrected chi connectivity index (χ3v) is 2.73. The van der Waals surface area contributed by atoms with Crippen LogP contribution in [-0.2, 0) is 9.53 Å². The Morgan fingerprint density at radius 3 is 2.69 bits per heavy atom. The van der Waals surface area contributed by atoms with Gasteiger partial charge in [0.2, 0.25) is 5.91 Å². The molecule has 1 atom stereocenters. The normalized spacial score (nSPS) is 12.8. The molecule has 0 aromatic carbocycles. The molecule has 0 fully saturated rings. The highest BCUT2D eigenvalue weighted by Crippen LogP contribution is 1.97. The van der Waals surface area contributed by atoms with Crippen LogP contribution in [0.5, 0.6) is 0 Å². The van der Waals surface area contributed by atoms with Crippen LogP contribution in [0.25, 0.3) is 0 Å². The van der Waals surface area contributed by atoms with Crippen molar-refractivity contribution in [2.24, 2.45) is 0 Å². The number of rotatable bonds is 9. The molecule has 0 aliphatic rings. The Morgan fingerprint density at radius 1 is 1.44 bits per heavy atom. The van der Waals surface area contributed by atoms with Crippen LogP contribution in [0.3, 0.4) is 0 Å². The SMILES string of the molecule is CCCCNC(=O)C(C)N(C)CCCOC. The Balaban J connectivity index is 3.73. The van der Waals surface area contributed by atoms with E-state index in [2.05, 4.69) is 17.1 Å². The number of nitrogens with one attached hydrogen (secondary N) is 1. The summed E-state index contributed by atoms with van der Waals surface area (Å²) in [5.41, 5.74) is 0. The van der Waals surface area contributed by atoms with Gasteiger partial charge < -0.3 is 10.1 Å². The molecule has 0 saturated carbocycles. The number of ether oxygens (including phenoxy) is 1. The van der Waals surface area contributed by atoms with Gasteiger partial charge in [0.1, 0.15) is 0 Å². The first-order valence-electron chi connectivity index (χ1n) is 6.10. The zero-order valence-electron chi connectivity index (χ0n) is 11.1. The third kappa shape index (κ3) is 6.80. The second-order valence-electron chi connectivity index (χ2n) is 4.15. The van der Waals surface area contributed by atoms with Gasteiger partial charge in [-0.2, -0.15) is 0 Å². The van der Waals surface area contributed by atoms with E-state index in [1.807, 2.05) is 14.0 Å². The monoisotopic (exact) mass is 230 g/mol. The van der Waals surface area contributed by atoms with Gasteiger partial charge in [0, 0.05) is 26.8 Å². The van der Waals surface area contributed by atoms with Gasteiger partial charge in [-0.3, -0.25) is 9.69 Å². The van der Waals surface area contributed by atoms with Gasteiger partial charge >= 0.3 is 0 Å². The van der Waals surface area contributed by atoms with Gasteiger partial charge in [0.15, 0.2) is 0 Å². The number of nitrogens with zero attached hydrogens (tertiary/aromatic N) is 1. The first-order valence-corrected chi connectivity index (χ1v) is 6.10. The average Bonchev–Trinajstić information content (AvgIpc) is 2.28. The lowest BCUT2D eigenvalue weighted by molar-refractivity contribution is -0.125. The summed E-state index contributed by atoms with van der Waals surface area (Å²) < 4.78 is 4.98. The molecule has 0 aliphatic carbocycles. The minimum Gasteiger partial charge on any atom is -0.385 e. The summed E-state index contributed by atoms with van der Waals surface area (Å²) in [6.45, 7) is 6.47. The zero-order valence-corrected chi connectivity index (χ0v) is 11.1. The maximum Gasteiger partial charge on any atom is 0.237 e. The number of hydrogen-bond acceptors (Lipinski definition) is 3. The minimum atomic E-state index is -0.0614. The Morgan fingerprint density at radius 2 is 2.12 bits per heavy atom. The maximum atomic E-state index is 11.7. The molecule has 4 nitrogen and oxygen atoms in total. The molecular formula is C12H26N2O2. The zero-order chi connectivity index (χ0) is 12.4. The molecule has 0 aliphatic heterocycles. The van der Waals surface area contributed by atoms with Crippen molar-refractivity contribution in [1.29, 1.82) is 0 Å². The molecule has 16 heavy (non-hydrogen) atoms. The van der Waals surface area contributed by atoms with Gasteiger partial charge in [0.05, 0.1) is 6.04 Å². The molecule has 96 valence electrons. The number of hydrogen-bond donors (Lipinski definition) is 1. The summed E-state index contributed by atoms with van der Waals surface area (Å²) in [7, 11) is 3.67. The second-order valence-corrected chi connectivity index (χ2v) is 4.15. The standard InChI is InChI=1S/C12H26N2O2/c1-5-6-8-13-12(15)11(2)14(3)9-7-10-16-4/h11H,5-10H2,1-4H3,(H,13,15). The Kier molecular flexibility index (Phi) is 9.24. The quantitative estimate of drug-likeness (QED) is 0.606. The van der Waals surface area contributed by atoms with Crippen molar-refractivity contribution in [2.75, 3.05) is 33.9 Å². The molecule has 0 spiro atoms. The fraction of sp³-hybridized carbons (Fsp3) is 0.917. The molecule has 0 aromatic heterocycles. The van der Waals surface area contributed by atoms with E-state index < -0.39 is 0 Å². The first kappa shape index (κ1) is 15.4. The molecular weight excluding hydrogens is 204 g/mol. The van der Waals surface area contributed by atoms with E-state index in [0.29, 0.717) is 0 Å². The molecule has 4 heteroatoms. The number of likely N-dealkylation sites (N-methyl/N-ethyl adjacent to an activating group) is 1. The lowest BCUT2D eigenvalue weighted by Crippen LogP contribution is -2.44. The summed E-state index contributed by atoms with van der Waals surface area (Å²) in [4.78, 5) is 13.8. The predicted molar refractivity (Wildman–Crippen MR) is 66.5 cm³/mol. The summed E-state index contributed by atoms with van der Waals surface area (Å²) in [6, 6.07) is -0.0614. The Labute approximate surface area is 99.3 Å². The molecule has 0 saturated heterocycles. The van der Waals surface area contributed by atoms with Gasteiger partial charge in [-0.05, 0) is 26.8 Å². The van der Waals surface area contributed by atoms with E-state index in [-0.39, 0.29) is 11.9 Å². The maximum absolute atomic E-state index is 11.7. The molecule has 0 rings (SSSR count). The van der Waals surface area contributed by atoms with Crippen LogP contribution in [0.15, 0.2) is 0 Å². The van der Waals surface area contributed by atoms with E-state index >= 15 is 0 Å². The summed E-state index contributed by atoms with van der Waals surface area (Å²) in [5, 5.41) is 2.94. The van der Waals surface area contributed by atoms with Crippen LogP contribution >= 0.6 is 0 Å². The largest absolute Gasteiger partial charge is 0.385 e. The molecule has 0 aromatic rings. The first-order chi connectivity index (χ1) is 7.63. The van der Waals surface area contributed by atoms with Crippen molar-refractivity contribution < 1.29 is 9.53 Å². The van der Waals surface area contributed by atoms with Crippen molar-refractivity contribution in [1.82, 2.24) is 10.2 Å². The lowest BCUT2D eigenvalue weighted by Gasteiger charge is -2.23. The molecule has 1 N–H and O–H groups in total. The highest BCUT2D eigenvalue weighted by Gasteiger charge is 2.16. The van der Waals surface area contributed by atoms with E-state index in [1.165, 1.54) is 0 Å². The highest BCUT2D eigenvalue weighted by molar-refractivity contribution is 5.81. The third-order valence-electron chi connectivity index (χ3n) is 2.73. The number of methoxy groups -OCH3 is 1. The Hall–Kier alpha value is -0.610. The molecule has 0 bridgehead atoms. The van der Waals surface area contributed by atoms with Crippen molar-refractivity contribution >= 4 is 5.91 Å². The van der Waals surface area contributed by atoms with E-state index in [4.69, 9.17) is 4.74 Å². The molecule has 1 unspecified atom stereocenters. The lowest BCUT2D eigenvalue weighted by atomic mass is 10.2. The van der Waals surface area contributed by atoms with Crippen LogP contribution in [0.2, 0.25) is 0 Å². The van der Waals surface area contributed by atoms with E-state index in [0.717, 1.165) is 39.0 Å². The van der Waals surface area contributed by atoms with Gasteiger partial charge in [-0.25, -0.2) is 0 Å². The van der Waals surface area contributed by atoms with Crippen LogP contribution in [0.4, 0.5) is 0 Å². The fourth-order valence-corrected chi connectivity index (χ4v) is 1.39. The van der Waals surface area contributed by atoms with Crippen molar-refractivity contribution in [2.45, 2.75) is 39.2 Å². The fourth-order valence-electron chi connectivity index (χ4n) is 1.39. The van der Waals surface area contributed by atoms with Gasteiger partial charge in [-0.15, -0.1) is 0 Å². The van der Waals surface area contributed by atoms with E-state index in [1.54, 1.807) is 7.11 Å². The number of carbonyl (C=O) groups is 1. The summed E-state index contributed by atoms with van der Waals surface area (Å²) >= 11 is 0. The average molecular weight is 230 g/mol. The predicted octanol–water partition coefficient (Wildman–Crippen LogP) is 1.26.